The number of benzene rings is 2. The smallest absolute Gasteiger partial charge is 0.263 e. The van der Waals surface area contributed by atoms with Crippen molar-refractivity contribution in [1.29, 1.82) is 0 Å². The first-order valence-corrected chi connectivity index (χ1v) is 11.1. The Bertz CT molecular complexity index is 1210. The second-order valence-corrected chi connectivity index (χ2v) is 9.31. The Morgan fingerprint density at radius 1 is 1.13 bits per heavy atom. The zero-order chi connectivity index (χ0) is 21.5. The summed E-state index contributed by atoms with van der Waals surface area (Å²) in [6.07, 6.45) is 0. The number of hydrogen-bond acceptors (Lipinski definition) is 5. The van der Waals surface area contributed by atoms with Gasteiger partial charge in [0.2, 0.25) is 5.91 Å². The molecule has 1 amide bonds. The van der Waals surface area contributed by atoms with Crippen LogP contribution in [0.1, 0.15) is 25.2 Å². The standard InChI is InChI=1S/C21H23N5O3S/c1-13(2)19(24-20-14-8-4-7-11-17(14)30(28,29)25-20)21(27)26(3)12-18-22-15-9-5-6-10-16(15)23-18/h4-11,13,19H,12H2,1-3H3,(H,22,23)(H,24,25)/t19-/m0/s1. The van der Waals surface area contributed by atoms with Crippen molar-refractivity contribution < 1.29 is 13.2 Å². The van der Waals surface area contributed by atoms with Crippen molar-refractivity contribution in [2.45, 2.75) is 31.3 Å². The molecule has 1 atom stereocenters. The van der Waals surface area contributed by atoms with E-state index in [1.165, 1.54) is 6.07 Å². The molecule has 0 radical (unpaired) electrons. The minimum absolute atomic E-state index is 0.125. The number of carbonyl (C=O) groups excluding carboxylic acids is 1. The lowest BCUT2D eigenvalue weighted by molar-refractivity contribution is -0.132. The summed E-state index contributed by atoms with van der Waals surface area (Å²) in [5.41, 5.74) is 2.23. The summed E-state index contributed by atoms with van der Waals surface area (Å²) in [7, 11) is -1.96. The molecule has 30 heavy (non-hydrogen) atoms. The monoisotopic (exact) mass is 425 g/mol. The number of likely N-dealkylation sites (N-methyl/N-ethyl adjacent to an activating group) is 1. The average Bonchev–Trinajstić information content (AvgIpc) is 3.23. The first kappa shape index (κ1) is 20.1. The summed E-state index contributed by atoms with van der Waals surface area (Å²) in [6, 6.07) is 13.6. The van der Waals surface area contributed by atoms with E-state index in [4.69, 9.17) is 0 Å². The number of aliphatic imine (C=N–C) groups is 1. The van der Waals surface area contributed by atoms with E-state index in [1.807, 2.05) is 38.1 Å². The molecular weight excluding hydrogens is 402 g/mol. The Labute approximate surface area is 175 Å². The Hall–Kier alpha value is -3.20. The summed E-state index contributed by atoms with van der Waals surface area (Å²) in [6.45, 7) is 4.07. The molecule has 1 aliphatic rings. The number of hydrogen-bond donors (Lipinski definition) is 2. The van der Waals surface area contributed by atoms with Gasteiger partial charge in [0.15, 0.2) is 0 Å². The molecule has 9 heteroatoms. The SMILES string of the molecule is CC(C)[C@H](N=C1NS(=O)(=O)c2ccccc21)C(=O)N(C)Cc1nc2ccccc2[nH]1. The van der Waals surface area contributed by atoms with E-state index in [-0.39, 0.29) is 22.6 Å². The van der Waals surface area contributed by atoms with E-state index < -0.39 is 16.1 Å². The Morgan fingerprint density at radius 2 is 1.83 bits per heavy atom. The van der Waals surface area contributed by atoms with Crippen molar-refractivity contribution in [2.24, 2.45) is 10.9 Å². The van der Waals surface area contributed by atoms with Crippen LogP contribution < -0.4 is 4.72 Å². The number of carbonyl (C=O) groups is 1. The lowest BCUT2D eigenvalue weighted by atomic mass is 10.0. The van der Waals surface area contributed by atoms with Crippen molar-refractivity contribution in [3.8, 4) is 0 Å². The topological polar surface area (TPSA) is 108 Å². The molecule has 0 fully saturated rings. The molecule has 2 heterocycles. The number of imidazole rings is 1. The van der Waals surface area contributed by atoms with Gasteiger partial charge in [-0.2, -0.15) is 0 Å². The van der Waals surface area contributed by atoms with Crippen LogP contribution in [0.5, 0.6) is 0 Å². The van der Waals surface area contributed by atoms with Crippen LogP contribution in [0, 0.1) is 5.92 Å². The fourth-order valence-corrected chi connectivity index (χ4v) is 4.71. The van der Waals surface area contributed by atoms with Crippen molar-refractivity contribution in [3.05, 3.63) is 59.9 Å². The van der Waals surface area contributed by atoms with Crippen molar-refractivity contribution in [3.63, 3.8) is 0 Å². The number of amides is 1. The minimum atomic E-state index is -3.66. The van der Waals surface area contributed by atoms with E-state index in [9.17, 15) is 13.2 Å². The zero-order valence-electron chi connectivity index (χ0n) is 17.0. The van der Waals surface area contributed by atoms with Gasteiger partial charge < -0.3 is 9.88 Å². The highest BCUT2D eigenvalue weighted by Gasteiger charge is 2.33. The van der Waals surface area contributed by atoms with Crippen LogP contribution in [0.15, 0.2) is 58.4 Å². The third-order valence-corrected chi connectivity index (χ3v) is 6.41. The van der Waals surface area contributed by atoms with E-state index >= 15 is 0 Å². The van der Waals surface area contributed by atoms with Crippen LogP contribution in [0.2, 0.25) is 0 Å². The van der Waals surface area contributed by atoms with Gasteiger partial charge in [-0.15, -0.1) is 0 Å². The molecule has 2 N–H and O–H groups in total. The number of aromatic nitrogens is 2. The number of nitrogens with one attached hydrogen (secondary N) is 2. The van der Waals surface area contributed by atoms with Crippen molar-refractivity contribution >= 4 is 32.8 Å². The highest BCUT2D eigenvalue weighted by atomic mass is 32.2. The molecule has 3 aromatic rings. The van der Waals surface area contributed by atoms with Gasteiger partial charge in [-0.05, 0) is 30.2 Å². The molecule has 0 spiro atoms. The van der Waals surface area contributed by atoms with Crippen LogP contribution in [-0.2, 0) is 21.4 Å². The van der Waals surface area contributed by atoms with Gasteiger partial charge in [-0.1, -0.05) is 38.1 Å². The van der Waals surface area contributed by atoms with E-state index in [0.717, 1.165) is 11.0 Å². The van der Waals surface area contributed by atoms with E-state index in [1.54, 1.807) is 30.1 Å². The number of amidine groups is 1. The number of H-pyrrole nitrogens is 1. The normalized spacial score (nSPS) is 17.1. The summed E-state index contributed by atoms with van der Waals surface area (Å²) < 4.78 is 27.2. The Kier molecular flexibility index (Phi) is 5.07. The third-order valence-electron chi connectivity index (χ3n) is 5.02. The lowest BCUT2D eigenvalue weighted by Gasteiger charge is -2.23. The molecule has 0 unspecified atom stereocenters. The largest absolute Gasteiger partial charge is 0.340 e. The summed E-state index contributed by atoms with van der Waals surface area (Å²) in [5.74, 6) is 0.547. The van der Waals surface area contributed by atoms with Crippen LogP contribution in [0.25, 0.3) is 11.0 Å². The van der Waals surface area contributed by atoms with E-state index in [0.29, 0.717) is 17.9 Å². The predicted molar refractivity (Wildman–Crippen MR) is 114 cm³/mol. The highest BCUT2D eigenvalue weighted by Crippen LogP contribution is 2.24. The highest BCUT2D eigenvalue weighted by molar-refractivity contribution is 7.90. The molecule has 0 saturated heterocycles. The second kappa shape index (κ2) is 7.56. The number of nitrogens with zero attached hydrogens (tertiary/aromatic N) is 3. The number of aromatic amines is 1. The van der Waals surface area contributed by atoms with Gasteiger partial charge >= 0.3 is 0 Å². The molecule has 0 aliphatic carbocycles. The minimum Gasteiger partial charge on any atom is -0.340 e. The van der Waals surface area contributed by atoms with Gasteiger partial charge in [0, 0.05) is 12.6 Å². The average molecular weight is 426 g/mol. The fourth-order valence-electron chi connectivity index (χ4n) is 3.47. The van der Waals surface area contributed by atoms with Crippen molar-refractivity contribution in [1.82, 2.24) is 19.6 Å². The molecule has 2 aromatic carbocycles. The lowest BCUT2D eigenvalue weighted by Crippen LogP contribution is -2.39. The van der Waals surface area contributed by atoms with Crippen molar-refractivity contribution in [2.75, 3.05) is 7.05 Å². The van der Waals surface area contributed by atoms with Gasteiger partial charge in [-0.3, -0.25) is 14.5 Å². The summed E-state index contributed by atoms with van der Waals surface area (Å²) in [5, 5.41) is 0. The van der Waals surface area contributed by atoms with Gasteiger partial charge in [0.05, 0.1) is 22.5 Å². The first-order chi connectivity index (χ1) is 14.3. The third kappa shape index (κ3) is 3.68. The first-order valence-electron chi connectivity index (χ1n) is 9.65. The predicted octanol–water partition coefficient (Wildman–Crippen LogP) is 2.28. The molecule has 0 bridgehead atoms. The Balaban J connectivity index is 1.60. The zero-order valence-corrected chi connectivity index (χ0v) is 17.8. The van der Waals surface area contributed by atoms with Crippen LogP contribution >= 0.6 is 0 Å². The van der Waals surface area contributed by atoms with E-state index in [2.05, 4.69) is 19.7 Å². The van der Waals surface area contributed by atoms with Gasteiger partial charge in [0.25, 0.3) is 10.0 Å². The van der Waals surface area contributed by atoms with Crippen LogP contribution in [-0.4, -0.2) is 48.1 Å². The molecule has 156 valence electrons. The number of sulfonamides is 1. The number of para-hydroxylation sites is 2. The molecule has 4 rings (SSSR count). The fraction of sp³-hybridized carbons (Fsp3) is 0.286. The Morgan fingerprint density at radius 3 is 2.57 bits per heavy atom. The number of rotatable bonds is 5. The van der Waals surface area contributed by atoms with Gasteiger partial charge in [0.1, 0.15) is 17.7 Å². The maximum atomic E-state index is 13.2. The molecule has 1 aromatic heterocycles. The summed E-state index contributed by atoms with van der Waals surface area (Å²) >= 11 is 0. The maximum Gasteiger partial charge on any atom is 0.263 e. The quantitative estimate of drug-likeness (QED) is 0.654. The van der Waals surface area contributed by atoms with Crippen LogP contribution in [0.3, 0.4) is 0 Å². The maximum absolute atomic E-state index is 13.2. The molecule has 8 nitrogen and oxygen atoms in total. The van der Waals surface area contributed by atoms with Crippen LogP contribution in [0.4, 0.5) is 0 Å². The molecular formula is C21H23N5O3S. The number of fused-ring (bicyclic) bond motifs is 2. The summed E-state index contributed by atoms with van der Waals surface area (Å²) in [4.78, 5) is 27.1. The molecule has 0 saturated carbocycles. The van der Waals surface area contributed by atoms with Gasteiger partial charge in [-0.25, -0.2) is 13.4 Å². The molecule has 1 aliphatic heterocycles. The second-order valence-electron chi connectivity index (χ2n) is 7.66.